The van der Waals surface area contributed by atoms with E-state index in [1.165, 1.54) is 5.56 Å². The third-order valence-electron chi connectivity index (χ3n) is 2.60. The summed E-state index contributed by atoms with van der Waals surface area (Å²) in [6, 6.07) is 2.16. The highest BCUT2D eigenvalue weighted by Gasteiger charge is 2.15. The minimum absolute atomic E-state index is 0.149. The van der Waals surface area contributed by atoms with Gasteiger partial charge in [0.1, 0.15) is 5.65 Å². The lowest BCUT2D eigenvalue weighted by atomic mass is 9.87. The SMILES string of the molecule is C=Cc1cc(C(C)(C)C)cn2ccnc12. The molecule has 0 aliphatic rings. The predicted octanol–water partition coefficient (Wildman–Crippen LogP) is 3.27. The van der Waals surface area contributed by atoms with Crippen molar-refractivity contribution >= 4 is 11.7 Å². The molecule has 0 spiro atoms. The van der Waals surface area contributed by atoms with Crippen molar-refractivity contribution in [2.75, 3.05) is 0 Å². The fourth-order valence-corrected chi connectivity index (χ4v) is 1.62. The monoisotopic (exact) mass is 200 g/mol. The fraction of sp³-hybridized carbons (Fsp3) is 0.308. The van der Waals surface area contributed by atoms with Crippen molar-refractivity contribution in [1.82, 2.24) is 9.38 Å². The first kappa shape index (κ1) is 9.97. The van der Waals surface area contributed by atoms with Crippen LogP contribution in [0.4, 0.5) is 0 Å². The van der Waals surface area contributed by atoms with E-state index in [1.807, 2.05) is 18.5 Å². The lowest BCUT2D eigenvalue weighted by Crippen LogP contribution is -2.12. The Kier molecular flexibility index (Phi) is 2.14. The van der Waals surface area contributed by atoms with Gasteiger partial charge in [-0.25, -0.2) is 4.98 Å². The van der Waals surface area contributed by atoms with Crippen LogP contribution in [0.25, 0.3) is 11.7 Å². The second kappa shape index (κ2) is 3.23. The number of fused-ring (bicyclic) bond motifs is 1. The van der Waals surface area contributed by atoms with Gasteiger partial charge in [0, 0.05) is 24.2 Å². The predicted molar refractivity (Wildman–Crippen MR) is 64.0 cm³/mol. The Morgan fingerprint density at radius 2 is 2.13 bits per heavy atom. The van der Waals surface area contributed by atoms with E-state index in [9.17, 15) is 0 Å². The quantitative estimate of drug-likeness (QED) is 0.690. The van der Waals surface area contributed by atoms with E-state index in [2.05, 4.69) is 49.0 Å². The maximum Gasteiger partial charge on any atom is 0.143 e. The highest BCUT2D eigenvalue weighted by Crippen LogP contribution is 2.24. The van der Waals surface area contributed by atoms with E-state index in [1.54, 1.807) is 0 Å². The average Bonchev–Trinajstić information content (AvgIpc) is 2.62. The van der Waals surface area contributed by atoms with Crippen LogP contribution in [0.3, 0.4) is 0 Å². The third-order valence-corrected chi connectivity index (χ3v) is 2.60. The molecule has 2 nitrogen and oxygen atoms in total. The van der Waals surface area contributed by atoms with Crippen molar-refractivity contribution in [3.05, 3.63) is 42.4 Å². The molecule has 2 rings (SSSR count). The van der Waals surface area contributed by atoms with E-state index in [4.69, 9.17) is 0 Å². The first-order valence-electron chi connectivity index (χ1n) is 5.12. The zero-order valence-electron chi connectivity index (χ0n) is 9.49. The van der Waals surface area contributed by atoms with Gasteiger partial charge in [-0.05, 0) is 17.0 Å². The topological polar surface area (TPSA) is 17.3 Å². The van der Waals surface area contributed by atoms with E-state index < -0.39 is 0 Å². The Morgan fingerprint density at radius 1 is 1.40 bits per heavy atom. The fourth-order valence-electron chi connectivity index (χ4n) is 1.62. The summed E-state index contributed by atoms with van der Waals surface area (Å²) in [4.78, 5) is 4.30. The average molecular weight is 200 g/mol. The van der Waals surface area contributed by atoms with Crippen molar-refractivity contribution in [3.8, 4) is 0 Å². The molecular weight excluding hydrogens is 184 g/mol. The Morgan fingerprint density at radius 3 is 2.73 bits per heavy atom. The zero-order valence-corrected chi connectivity index (χ0v) is 9.49. The molecule has 78 valence electrons. The molecule has 0 radical (unpaired) electrons. The Bertz CT molecular complexity index is 501. The largest absolute Gasteiger partial charge is 0.306 e. The Balaban J connectivity index is 2.74. The summed E-state index contributed by atoms with van der Waals surface area (Å²) in [5.74, 6) is 0. The Hall–Kier alpha value is -1.57. The smallest absolute Gasteiger partial charge is 0.143 e. The van der Waals surface area contributed by atoms with E-state index in [-0.39, 0.29) is 5.41 Å². The molecule has 0 atom stereocenters. The van der Waals surface area contributed by atoms with Gasteiger partial charge in [0.05, 0.1) is 0 Å². The van der Waals surface area contributed by atoms with Gasteiger partial charge in [0.25, 0.3) is 0 Å². The maximum absolute atomic E-state index is 4.30. The van der Waals surface area contributed by atoms with E-state index in [0.29, 0.717) is 0 Å². The van der Waals surface area contributed by atoms with Crippen LogP contribution in [0.5, 0.6) is 0 Å². The van der Waals surface area contributed by atoms with Crippen LogP contribution in [-0.4, -0.2) is 9.38 Å². The van der Waals surface area contributed by atoms with Crippen LogP contribution in [0.15, 0.2) is 31.2 Å². The summed E-state index contributed by atoms with van der Waals surface area (Å²) >= 11 is 0. The molecule has 0 bridgehead atoms. The molecular formula is C13H16N2. The molecule has 0 aliphatic heterocycles. The van der Waals surface area contributed by atoms with Crippen LogP contribution in [-0.2, 0) is 5.41 Å². The summed E-state index contributed by atoms with van der Waals surface area (Å²) in [5, 5.41) is 0. The van der Waals surface area contributed by atoms with Gasteiger partial charge in [0.2, 0.25) is 0 Å². The molecule has 0 aromatic carbocycles. The van der Waals surface area contributed by atoms with Gasteiger partial charge < -0.3 is 4.40 Å². The molecule has 2 aromatic heterocycles. The number of pyridine rings is 1. The van der Waals surface area contributed by atoms with Crippen molar-refractivity contribution in [1.29, 1.82) is 0 Å². The molecule has 15 heavy (non-hydrogen) atoms. The summed E-state index contributed by atoms with van der Waals surface area (Å²) < 4.78 is 2.05. The van der Waals surface area contributed by atoms with E-state index >= 15 is 0 Å². The summed E-state index contributed by atoms with van der Waals surface area (Å²) in [5.41, 5.74) is 3.50. The lowest BCUT2D eigenvalue weighted by molar-refractivity contribution is 0.586. The van der Waals surface area contributed by atoms with Crippen LogP contribution < -0.4 is 0 Å². The second-order valence-corrected chi connectivity index (χ2v) is 4.80. The van der Waals surface area contributed by atoms with Crippen molar-refractivity contribution in [2.45, 2.75) is 26.2 Å². The number of imidazole rings is 1. The first-order chi connectivity index (χ1) is 7.02. The molecule has 0 amide bonds. The van der Waals surface area contributed by atoms with Gasteiger partial charge in [-0.3, -0.25) is 0 Å². The van der Waals surface area contributed by atoms with Gasteiger partial charge in [-0.1, -0.05) is 33.4 Å². The highest BCUT2D eigenvalue weighted by atomic mass is 15.0. The van der Waals surface area contributed by atoms with Crippen LogP contribution in [0, 0.1) is 0 Å². The van der Waals surface area contributed by atoms with Crippen molar-refractivity contribution in [3.63, 3.8) is 0 Å². The van der Waals surface area contributed by atoms with Crippen molar-refractivity contribution in [2.24, 2.45) is 0 Å². The van der Waals surface area contributed by atoms with Gasteiger partial charge >= 0.3 is 0 Å². The molecule has 0 aliphatic carbocycles. The van der Waals surface area contributed by atoms with Crippen molar-refractivity contribution < 1.29 is 0 Å². The number of hydrogen-bond donors (Lipinski definition) is 0. The van der Waals surface area contributed by atoms with Crippen LogP contribution in [0.1, 0.15) is 31.9 Å². The third kappa shape index (κ3) is 1.67. The normalized spacial score (nSPS) is 11.9. The number of rotatable bonds is 1. The zero-order chi connectivity index (χ0) is 11.1. The van der Waals surface area contributed by atoms with Gasteiger partial charge in [-0.2, -0.15) is 0 Å². The molecule has 2 heterocycles. The Labute approximate surface area is 90.3 Å². The second-order valence-electron chi connectivity index (χ2n) is 4.80. The summed E-state index contributed by atoms with van der Waals surface area (Å²) in [6.45, 7) is 10.4. The maximum atomic E-state index is 4.30. The van der Waals surface area contributed by atoms with Gasteiger partial charge in [0.15, 0.2) is 0 Å². The molecule has 0 fully saturated rings. The molecule has 2 heteroatoms. The molecule has 2 aromatic rings. The van der Waals surface area contributed by atoms with Gasteiger partial charge in [-0.15, -0.1) is 0 Å². The van der Waals surface area contributed by atoms with E-state index in [0.717, 1.165) is 11.2 Å². The minimum Gasteiger partial charge on any atom is -0.306 e. The molecule has 0 unspecified atom stereocenters. The minimum atomic E-state index is 0.149. The first-order valence-corrected chi connectivity index (χ1v) is 5.12. The molecule has 0 saturated heterocycles. The highest BCUT2D eigenvalue weighted by molar-refractivity contribution is 5.65. The molecule has 0 N–H and O–H groups in total. The molecule has 0 saturated carbocycles. The standard InChI is InChI=1S/C13H16N2/c1-5-10-8-11(13(2,3)4)9-15-7-6-14-12(10)15/h5-9H,1H2,2-4H3. The summed E-state index contributed by atoms with van der Waals surface area (Å²) in [6.07, 6.45) is 7.78. The number of nitrogens with zero attached hydrogens (tertiary/aromatic N) is 2. The van der Waals surface area contributed by atoms with Crippen LogP contribution in [0.2, 0.25) is 0 Å². The summed E-state index contributed by atoms with van der Waals surface area (Å²) in [7, 11) is 0. The lowest BCUT2D eigenvalue weighted by Gasteiger charge is -2.19. The van der Waals surface area contributed by atoms with Crippen LogP contribution >= 0.6 is 0 Å². The number of aromatic nitrogens is 2. The number of hydrogen-bond acceptors (Lipinski definition) is 1.